The number of carbonyl (C=O) groups excluding carboxylic acids is 1. The third-order valence-corrected chi connectivity index (χ3v) is 6.25. The molecule has 4 rings (SSSR count). The highest BCUT2D eigenvalue weighted by molar-refractivity contribution is 7.21. The van der Waals surface area contributed by atoms with Crippen molar-refractivity contribution in [2.24, 2.45) is 11.5 Å². The molecule has 0 unspecified atom stereocenters. The first kappa shape index (κ1) is 19.1. The van der Waals surface area contributed by atoms with Gasteiger partial charge in [-0.2, -0.15) is 0 Å². The van der Waals surface area contributed by atoms with E-state index in [-0.39, 0.29) is 22.3 Å². The second-order valence-corrected chi connectivity index (χ2v) is 8.05. The highest BCUT2D eigenvalue weighted by atomic mass is 32.1. The zero-order valence-corrected chi connectivity index (χ0v) is 16.3. The van der Waals surface area contributed by atoms with Gasteiger partial charge in [0.15, 0.2) is 0 Å². The lowest BCUT2D eigenvalue weighted by molar-refractivity contribution is -0.384. The smallest absolute Gasteiger partial charge is 0.270 e. The van der Waals surface area contributed by atoms with Gasteiger partial charge in [0.05, 0.1) is 10.6 Å². The Kier molecular flexibility index (Phi) is 4.81. The zero-order chi connectivity index (χ0) is 20.7. The second-order valence-electron chi connectivity index (χ2n) is 7.05. The number of pyridine rings is 1. The Morgan fingerprint density at radius 2 is 2.00 bits per heavy atom. The summed E-state index contributed by atoms with van der Waals surface area (Å²) in [7, 11) is 0. The van der Waals surface area contributed by atoms with Crippen molar-refractivity contribution in [3.8, 4) is 11.1 Å². The molecule has 3 aromatic rings. The number of carbonyl (C=O) groups is 1. The highest BCUT2D eigenvalue weighted by Crippen LogP contribution is 2.41. The molecule has 0 radical (unpaired) electrons. The summed E-state index contributed by atoms with van der Waals surface area (Å²) in [4.78, 5) is 30.3. The number of amides is 1. The summed E-state index contributed by atoms with van der Waals surface area (Å²) < 4.78 is 0. The Balaban J connectivity index is 1.93. The van der Waals surface area contributed by atoms with Gasteiger partial charge in [0, 0.05) is 36.7 Å². The minimum atomic E-state index is -0.624. The number of primary amides is 1. The lowest BCUT2D eigenvalue weighted by atomic mass is 10.0. The Morgan fingerprint density at radius 3 is 2.66 bits per heavy atom. The lowest BCUT2D eigenvalue weighted by Gasteiger charge is -2.31. The summed E-state index contributed by atoms with van der Waals surface area (Å²) in [5.74, 6) is 0.101. The van der Waals surface area contributed by atoms with Crippen molar-refractivity contribution < 1.29 is 9.72 Å². The van der Waals surface area contributed by atoms with Crippen LogP contribution in [0, 0.1) is 10.1 Å². The van der Waals surface area contributed by atoms with Crippen LogP contribution < -0.4 is 22.1 Å². The molecule has 3 heterocycles. The molecule has 6 N–H and O–H groups in total. The van der Waals surface area contributed by atoms with Gasteiger partial charge in [-0.25, -0.2) is 4.98 Å². The van der Waals surface area contributed by atoms with Crippen LogP contribution in [0.2, 0.25) is 0 Å². The maximum atomic E-state index is 11.8. The predicted octanol–water partition coefficient (Wildman–Crippen LogP) is 2.48. The fourth-order valence-corrected chi connectivity index (χ4v) is 4.56. The van der Waals surface area contributed by atoms with Crippen molar-refractivity contribution in [3.05, 3.63) is 45.3 Å². The van der Waals surface area contributed by atoms with E-state index < -0.39 is 10.8 Å². The Hall–Kier alpha value is -3.24. The van der Waals surface area contributed by atoms with Gasteiger partial charge in [-0.3, -0.25) is 14.9 Å². The number of nitrogens with zero attached hydrogens (tertiary/aromatic N) is 3. The molecule has 1 amide bonds. The monoisotopic (exact) mass is 412 g/mol. The van der Waals surface area contributed by atoms with E-state index in [0.29, 0.717) is 21.3 Å². The van der Waals surface area contributed by atoms with Crippen molar-refractivity contribution in [2.75, 3.05) is 23.7 Å². The molecule has 1 fully saturated rings. The Labute approximate surface area is 170 Å². The number of thiophene rings is 1. The number of anilines is 2. The number of nitro groups is 1. The number of hydrogen-bond donors (Lipinski definition) is 3. The first-order chi connectivity index (χ1) is 13.8. The van der Waals surface area contributed by atoms with Crippen molar-refractivity contribution in [1.29, 1.82) is 0 Å². The van der Waals surface area contributed by atoms with Crippen molar-refractivity contribution in [1.82, 2.24) is 4.98 Å². The SMILES string of the molecule is NC(=O)c1sc2nc(N3CCC(N)CC3)cc(-c3cccc([N+](=O)[O-])c3)c2c1N. The van der Waals surface area contributed by atoms with E-state index in [1.165, 1.54) is 12.1 Å². The van der Waals surface area contributed by atoms with E-state index in [9.17, 15) is 14.9 Å². The van der Waals surface area contributed by atoms with E-state index in [1.54, 1.807) is 12.1 Å². The summed E-state index contributed by atoms with van der Waals surface area (Å²) in [6, 6.07) is 8.36. The molecule has 0 saturated carbocycles. The molecule has 9 nitrogen and oxygen atoms in total. The number of nitrogen functional groups attached to an aromatic ring is 1. The summed E-state index contributed by atoms with van der Waals surface area (Å²) in [5, 5.41) is 11.8. The first-order valence-electron chi connectivity index (χ1n) is 9.13. The molecule has 0 bridgehead atoms. The van der Waals surface area contributed by atoms with Gasteiger partial charge in [-0.1, -0.05) is 12.1 Å². The molecule has 2 aromatic heterocycles. The summed E-state index contributed by atoms with van der Waals surface area (Å²) in [6.07, 6.45) is 1.70. The normalized spacial score (nSPS) is 15.0. The van der Waals surface area contributed by atoms with E-state index in [0.717, 1.165) is 43.1 Å². The van der Waals surface area contributed by atoms with Gasteiger partial charge >= 0.3 is 0 Å². The summed E-state index contributed by atoms with van der Waals surface area (Å²) in [5.41, 5.74) is 19.3. The lowest BCUT2D eigenvalue weighted by Crippen LogP contribution is -2.40. The minimum Gasteiger partial charge on any atom is -0.397 e. The van der Waals surface area contributed by atoms with Gasteiger partial charge in [0.1, 0.15) is 15.5 Å². The second kappa shape index (κ2) is 7.30. The molecule has 1 aliphatic heterocycles. The average molecular weight is 412 g/mol. The van der Waals surface area contributed by atoms with Crippen LogP contribution in [0.15, 0.2) is 30.3 Å². The van der Waals surface area contributed by atoms with Gasteiger partial charge < -0.3 is 22.1 Å². The van der Waals surface area contributed by atoms with E-state index >= 15 is 0 Å². The van der Waals surface area contributed by atoms with Crippen LogP contribution in [0.5, 0.6) is 0 Å². The number of non-ortho nitro benzene ring substituents is 1. The molecular weight excluding hydrogens is 392 g/mol. The maximum Gasteiger partial charge on any atom is 0.270 e. The van der Waals surface area contributed by atoms with Gasteiger partial charge in [-0.05, 0) is 30.0 Å². The molecule has 10 heteroatoms. The molecule has 0 aliphatic carbocycles. The third-order valence-electron chi connectivity index (χ3n) is 5.14. The predicted molar refractivity (Wildman–Crippen MR) is 114 cm³/mol. The molecule has 1 saturated heterocycles. The minimum absolute atomic E-state index is 0.0260. The number of rotatable bonds is 4. The first-order valence-corrected chi connectivity index (χ1v) is 9.95. The van der Waals surface area contributed by atoms with E-state index in [2.05, 4.69) is 4.90 Å². The fourth-order valence-electron chi connectivity index (χ4n) is 3.60. The zero-order valence-electron chi connectivity index (χ0n) is 15.5. The van der Waals surface area contributed by atoms with Crippen LogP contribution in [0.25, 0.3) is 21.3 Å². The van der Waals surface area contributed by atoms with E-state index in [1.807, 2.05) is 6.07 Å². The number of aromatic nitrogens is 1. The fraction of sp³-hybridized carbons (Fsp3) is 0.263. The van der Waals surface area contributed by atoms with Gasteiger partial charge in [-0.15, -0.1) is 11.3 Å². The number of fused-ring (bicyclic) bond motifs is 1. The Morgan fingerprint density at radius 1 is 1.28 bits per heavy atom. The third kappa shape index (κ3) is 3.47. The molecule has 1 aliphatic rings. The number of hydrogen-bond acceptors (Lipinski definition) is 8. The molecule has 1 aromatic carbocycles. The average Bonchev–Trinajstić information content (AvgIpc) is 3.05. The van der Waals surface area contributed by atoms with Crippen molar-refractivity contribution in [3.63, 3.8) is 0 Å². The van der Waals surface area contributed by atoms with Crippen LogP contribution >= 0.6 is 11.3 Å². The van der Waals surface area contributed by atoms with Crippen LogP contribution in [-0.4, -0.2) is 34.9 Å². The van der Waals surface area contributed by atoms with Crippen molar-refractivity contribution >= 4 is 44.7 Å². The van der Waals surface area contributed by atoms with Crippen LogP contribution in [0.3, 0.4) is 0 Å². The highest BCUT2D eigenvalue weighted by Gasteiger charge is 2.23. The van der Waals surface area contributed by atoms with Crippen LogP contribution in [0.1, 0.15) is 22.5 Å². The summed E-state index contributed by atoms with van der Waals surface area (Å²) in [6.45, 7) is 1.52. The largest absolute Gasteiger partial charge is 0.397 e. The molecule has 0 atom stereocenters. The van der Waals surface area contributed by atoms with Gasteiger partial charge in [0.2, 0.25) is 0 Å². The van der Waals surface area contributed by atoms with Gasteiger partial charge in [0.25, 0.3) is 11.6 Å². The van der Waals surface area contributed by atoms with E-state index in [4.69, 9.17) is 22.2 Å². The molecule has 150 valence electrons. The van der Waals surface area contributed by atoms with Crippen LogP contribution in [0.4, 0.5) is 17.2 Å². The molecule has 0 spiro atoms. The maximum absolute atomic E-state index is 11.8. The number of nitrogens with two attached hydrogens (primary N) is 3. The van der Waals surface area contributed by atoms with Crippen LogP contribution in [-0.2, 0) is 0 Å². The molecule has 29 heavy (non-hydrogen) atoms. The number of benzene rings is 1. The molecular formula is C19H20N6O3S. The Bertz CT molecular complexity index is 1120. The summed E-state index contributed by atoms with van der Waals surface area (Å²) >= 11 is 1.13. The van der Waals surface area contributed by atoms with Crippen molar-refractivity contribution in [2.45, 2.75) is 18.9 Å². The number of nitro benzene ring substituents is 1. The number of piperidine rings is 1. The topological polar surface area (TPSA) is 154 Å². The standard InChI is InChI=1S/C19H20N6O3S/c20-11-4-6-24(7-5-11)14-9-13(10-2-1-3-12(8-10)25(27)28)15-16(21)17(18(22)26)29-19(15)23-14/h1-3,8-9,11H,4-7,20-21H2,(H2,22,26). The quantitative estimate of drug-likeness (QED) is 0.439.